The van der Waals surface area contributed by atoms with Crippen LogP contribution in [-0.4, -0.2) is 59.8 Å². The number of nitrogens with zero attached hydrogens (tertiary/aromatic N) is 3. The molecular weight excluding hydrogens is 560 g/mol. The third kappa shape index (κ3) is 10.2. The van der Waals surface area contributed by atoms with Crippen LogP contribution in [0.3, 0.4) is 0 Å². The van der Waals surface area contributed by atoms with Crippen molar-refractivity contribution in [1.29, 1.82) is 0 Å². The van der Waals surface area contributed by atoms with Crippen LogP contribution in [0.2, 0.25) is 0 Å². The maximum absolute atomic E-state index is 13.1. The number of ether oxygens (including phenoxy) is 1. The third-order valence-corrected chi connectivity index (χ3v) is 7.62. The van der Waals surface area contributed by atoms with Crippen molar-refractivity contribution in [3.8, 4) is 16.3 Å². The molecule has 9 heteroatoms. The number of hydrogen-bond donors (Lipinski definition) is 1. The third-order valence-electron chi connectivity index (χ3n) is 6.68. The highest BCUT2D eigenvalue weighted by Gasteiger charge is 2.18. The highest BCUT2D eigenvalue weighted by atomic mass is 32.1. The van der Waals surface area contributed by atoms with Crippen molar-refractivity contribution in [3.05, 3.63) is 107 Å². The zero-order valence-corrected chi connectivity index (χ0v) is 25.7. The second kappa shape index (κ2) is 15.8. The van der Waals surface area contributed by atoms with Crippen molar-refractivity contribution in [2.45, 2.75) is 39.3 Å². The lowest BCUT2D eigenvalue weighted by molar-refractivity contribution is -0.133. The summed E-state index contributed by atoms with van der Waals surface area (Å²) in [5, 5.41) is 5.80. The Kier molecular flexibility index (Phi) is 11.6. The van der Waals surface area contributed by atoms with E-state index in [0.29, 0.717) is 30.9 Å². The second-order valence-corrected chi connectivity index (χ2v) is 11.5. The number of likely N-dealkylation sites (N-methyl/N-ethyl adjacent to an activating group) is 1. The molecule has 1 heterocycles. The van der Waals surface area contributed by atoms with Crippen molar-refractivity contribution < 1.29 is 19.1 Å². The van der Waals surface area contributed by atoms with Gasteiger partial charge >= 0.3 is 5.97 Å². The first-order valence-corrected chi connectivity index (χ1v) is 15.2. The number of thiazole rings is 1. The van der Waals surface area contributed by atoms with Crippen molar-refractivity contribution in [2.24, 2.45) is 0 Å². The van der Waals surface area contributed by atoms with Gasteiger partial charge in [0.05, 0.1) is 18.8 Å². The van der Waals surface area contributed by atoms with Gasteiger partial charge in [0.25, 0.3) is 5.91 Å². The van der Waals surface area contributed by atoms with Gasteiger partial charge in [-0.25, -0.2) is 4.98 Å². The molecule has 0 saturated heterocycles. The Morgan fingerprint density at radius 3 is 2.26 bits per heavy atom. The number of carbonyl (C=O) groups is 3. The molecule has 0 bridgehead atoms. The monoisotopic (exact) mass is 598 g/mol. The van der Waals surface area contributed by atoms with Gasteiger partial charge in [0.2, 0.25) is 5.91 Å². The van der Waals surface area contributed by atoms with Crippen molar-refractivity contribution in [2.75, 3.05) is 27.2 Å². The van der Waals surface area contributed by atoms with E-state index in [1.54, 1.807) is 17.0 Å². The molecule has 0 radical (unpaired) electrons. The molecule has 0 unspecified atom stereocenters. The Bertz CT molecular complexity index is 1490. The fraction of sp³-hybridized carbons (Fsp3) is 0.294. The van der Waals surface area contributed by atoms with E-state index in [1.807, 2.05) is 79.0 Å². The Hall–Kier alpha value is -4.34. The van der Waals surface area contributed by atoms with E-state index in [1.165, 1.54) is 23.8 Å². The highest BCUT2D eigenvalue weighted by molar-refractivity contribution is 7.13. The lowest BCUT2D eigenvalue weighted by Crippen LogP contribution is -2.37. The maximum Gasteiger partial charge on any atom is 0.308 e. The summed E-state index contributed by atoms with van der Waals surface area (Å²) in [6, 6.07) is 25.0. The van der Waals surface area contributed by atoms with Gasteiger partial charge in [0.1, 0.15) is 10.8 Å². The number of hydrogen-bond acceptors (Lipinski definition) is 7. The summed E-state index contributed by atoms with van der Waals surface area (Å²) in [5.41, 5.74) is 4.56. The number of aromatic nitrogens is 1. The number of amides is 2. The van der Waals surface area contributed by atoms with Gasteiger partial charge in [0, 0.05) is 36.5 Å². The summed E-state index contributed by atoms with van der Waals surface area (Å²) in [6.45, 7) is 3.04. The first-order valence-electron chi connectivity index (χ1n) is 14.3. The summed E-state index contributed by atoms with van der Waals surface area (Å²) in [7, 11) is 3.72. The molecule has 0 saturated carbocycles. The molecule has 0 spiro atoms. The maximum atomic E-state index is 13.1. The number of benzene rings is 3. The zero-order chi connectivity index (χ0) is 30.6. The van der Waals surface area contributed by atoms with Gasteiger partial charge in [-0.05, 0) is 68.8 Å². The largest absolute Gasteiger partial charge is 0.427 e. The van der Waals surface area contributed by atoms with Gasteiger partial charge < -0.3 is 19.9 Å². The average Bonchev–Trinajstić information content (AvgIpc) is 3.46. The van der Waals surface area contributed by atoms with Crippen LogP contribution in [0.4, 0.5) is 0 Å². The van der Waals surface area contributed by atoms with Crippen molar-refractivity contribution in [3.63, 3.8) is 0 Å². The Labute approximate surface area is 257 Å². The van der Waals surface area contributed by atoms with E-state index < -0.39 is 0 Å². The minimum Gasteiger partial charge on any atom is -0.427 e. The van der Waals surface area contributed by atoms with Gasteiger partial charge in [-0.3, -0.25) is 14.4 Å². The molecule has 0 aliphatic heterocycles. The second-order valence-electron chi connectivity index (χ2n) is 10.6. The number of esters is 1. The summed E-state index contributed by atoms with van der Waals surface area (Å²) >= 11 is 1.51. The molecule has 2 amide bonds. The number of aryl methyl sites for hydroxylation is 1. The summed E-state index contributed by atoms with van der Waals surface area (Å²) in [5.74, 6) is -0.00658. The Balaban J connectivity index is 1.32. The van der Waals surface area contributed by atoms with Gasteiger partial charge in [-0.1, -0.05) is 54.6 Å². The molecule has 4 rings (SSSR count). The Morgan fingerprint density at radius 2 is 1.58 bits per heavy atom. The topological polar surface area (TPSA) is 91.8 Å². The SMILES string of the molecule is CC(=O)Oc1ccc(CN(Cc2csc(-c3ccc(C(=O)NCCCCc4ccccc4)cc3)n2)C(=O)CN(C)C)cc1. The number of rotatable bonds is 14. The molecule has 3 aromatic carbocycles. The van der Waals surface area contributed by atoms with E-state index in [-0.39, 0.29) is 24.3 Å². The number of carbonyl (C=O) groups excluding carboxylic acids is 3. The molecule has 0 aliphatic rings. The van der Waals surface area contributed by atoms with Crippen molar-refractivity contribution >= 4 is 29.1 Å². The van der Waals surface area contributed by atoms with Gasteiger partial charge in [0.15, 0.2) is 0 Å². The molecule has 224 valence electrons. The molecule has 1 aromatic heterocycles. The predicted molar refractivity (Wildman–Crippen MR) is 170 cm³/mol. The summed E-state index contributed by atoms with van der Waals surface area (Å²) < 4.78 is 5.12. The molecular formula is C34H38N4O4S. The van der Waals surface area contributed by atoms with Gasteiger partial charge in [-0.2, -0.15) is 0 Å². The summed E-state index contributed by atoms with van der Waals surface area (Å²) in [4.78, 5) is 45.3. The molecule has 1 N–H and O–H groups in total. The Morgan fingerprint density at radius 1 is 0.860 bits per heavy atom. The fourth-order valence-electron chi connectivity index (χ4n) is 4.53. The lowest BCUT2D eigenvalue weighted by atomic mass is 10.1. The van der Waals surface area contributed by atoms with E-state index in [4.69, 9.17) is 9.72 Å². The lowest BCUT2D eigenvalue weighted by Gasteiger charge is -2.24. The van der Waals surface area contributed by atoms with E-state index in [0.717, 1.165) is 41.1 Å². The highest BCUT2D eigenvalue weighted by Crippen LogP contribution is 2.25. The predicted octanol–water partition coefficient (Wildman–Crippen LogP) is 5.58. The fourth-order valence-corrected chi connectivity index (χ4v) is 5.34. The molecule has 4 aromatic rings. The van der Waals surface area contributed by atoms with Crippen LogP contribution in [0.15, 0.2) is 84.2 Å². The normalized spacial score (nSPS) is 10.9. The van der Waals surface area contributed by atoms with Crippen LogP contribution in [0, 0.1) is 0 Å². The molecule has 0 fully saturated rings. The van der Waals surface area contributed by atoms with Crippen molar-refractivity contribution in [1.82, 2.24) is 20.1 Å². The molecule has 0 atom stereocenters. The first-order chi connectivity index (χ1) is 20.8. The number of unbranched alkanes of at least 4 members (excludes halogenated alkanes) is 1. The molecule has 8 nitrogen and oxygen atoms in total. The van der Waals surface area contributed by atoms with Crippen LogP contribution in [-0.2, 0) is 29.1 Å². The first kappa shape index (κ1) is 31.6. The van der Waals surface area contributed by atoms with Gasteiger partial charge in [-0.15, -0.1) is 11.3 Å². The van der Waals surface area contributed by atoms with Crippen LogP contribution in [0.5, 0.6) is 5.75 Å². The van der Waals surface area contributed by atoms with E-state index in [2.05, 4.69) is 17.4 Å². The van der Waals surface area contributed by atoms with Crippen LogP contribution in [0.1, 0.15) is 46.9 Å². The van der Waals surface area contributed by atoms with Crippen LogP contribution >= 0.6 is 11.3 Å². The smallest absolute Gasteiger partial charge is 0.308 e. The average molecular weight is 599 g/mol. The molecule has 43 heavy (non-hydrogen) atoms. The van der Waals surface area contributed by atoms with Crippen LogP contribution in [0.25, 0.3) is 10.6 Å². The van der Waals surface area contributed by atoms with E-state index >= 15 is 0 Å². The standard InChI is InChI=1S/C34H38N4O4S/c1-25(39)42-31-18-12-27(13-19-31)21-38(32(40)23-37(2)3)22-30-24-43-34(36-30)29-16-14-28(15-17-29)33(41)35-20-8-7-11-26-9-5-4-6-10-26/h4-6,9-10,12-19,24H,7-8,11,20-23H2,1-3H3,(H,35,41). The molecule has 0 aliphatic carbocycles. The quantitative estimate of drug-likeness (QED) is 0.116. The minimum absolute atomic E-state index is 0.0148. The number of nitrogens with one attached hydrogen (secondary N) is 1. The minimum atomic E-state index is -0.377. The zero-order valence-electron chi connectivity index (χ0n) is 24.9. The summed E-state index contributed by atoms with van der Waals surface area (Å²) in [6.07, 6.45) is 2.96. The van der Waals surface area contributed by atoms with Crippen LogP contribution < -0.4 is 10.1 Å². The van der Waals surface area contributed by atoms with E-state index in [9.17, 15) is 14.4 Å².